The molecule has 2 aromatic carbocycles. The molecule has 1 saturated heterocycles. The Morgan fingerprint density at radius 1 is 1.21 bits per heavy atom. The number of phenolic OH excluding ortho intramolecular Hbond substituents is 1. The van der Waals surface area contributed by atoms with Crippen LogP contribution >= 0.6 is 0 Å². The molecule has 0 spiro atoms. The van der Waals surface area contributed by atoms with Crippen molar-refractivity contribution in [2.45, 2.75) is 29.8 Å². The van der Waals surface area contributed by atoms with Gasteiger partial charge in [-0.05, 0) is 49.7 Å². The average Bonchev–Trinajstić information content (AvgIpc) is 2.76. The third kappa shape index (κ3) is 5.07. The number of hydrogen-bond donors (Lipinski definition) is 4. The van der Waals surface area contributed by atoms with Crippen molar-refractivity contribution in [2.24, 2.45) is 5.14 Å². The Morgan fingerprint density at radius 2 is 1.85 bits per heavy atom. The highest BCUT2D eigenvalue weighted by molar-refractivity contribution is 7.89. The first-order valence-corrected chi connectivity index (χ1v) is 11.6. The van der Waals surface area contributed by atoms with Gasteiger partial charge in [0, 0.05) is 5.41 Å². The maximum absolute atomic E-state index is 13.4. The molecule has 0 radical (unpaired) electrons. The van der Waals surface area contributed by atoms with Crippen LogP contribution in [0.15, 0.2) is 42.5 Å². The van der Waals surface area contributed by atoms with E-state index in [0.717, 1.165) is 12.1 Å². The number of sulfonamides is 1. The molecule has 1 unspecified atom stereocenters. The van der Waals surface area contributed by atoms with Crippen molar-refractivity contribution in [3.63, 3.8) is 0 Å². The van der Waals surface area contributed by atoms with E-state index in [0.29, 0.717) is 0 Å². The number of nitrogens with two attached hydrogens (primary N) is 1. The van der Waals surface area contributed by atoms with E-state index < -0.39 is 44.2 Å². The summed E-state index contributed by atoms with van der Waals surface area (Å²) in [5.74, 6) is -1.47. The standard InChI is InChI=1S/C21H24F3N3O5S/c1-32-16-7-3-6-15(28)17(16)18(29)27-19(33(25,30)31)20(8-10-26-11-9-20)13-4-2-5-14(12-13)21(22,23)24/h2-7,12,19,26,28H,8-11H2,1H3,(H,27,29)(H2,25,30,31). The summed E-state index contributed by atoms with van der Waals surface area (Å²) in [6, 6.07) is 8.40. The lowest BCUT2D eigenvalue weighted by atomic mass is 9.72. The number of carbonyl (C=O) groups is 1. The van der Waals surface area contributed by atoms with Crippen LogP contribution in [0.25, 0.3) is 0 Å². The minimum absolute atomic E-state index is 0.0147. The number of rotatable bonds is 6. The van der Waals surface area contributed by atoms with Crippen molar-refractivity contribution in [2.75, 3.05) is 20.2 Å². The molecule has 1 aliphatic rings. The highest BCUT2D eigenvalue weighted by Crippen LogP contribution is 2.41. The molecule has 3 rings (SSSR count). The van der Waals surface area contributed by atoms with E-state index in [9.17, 15) is 31.5 Å². The molecule has 1 fully saturated rings. The van der Waals surface area contributed by atoms with Crippen molar-refractivity contribution >= 4 is 15.9 Å². The second-order valence-electron chi connectivity index (χ2n) is 7.78. The van der Waals surface area contributed by atoms with E-state index in [1.807, 2.05) is 0 Å². The molecule has 8 nitrogen and oxygen atoms in total. The Morgan fingerprint density at radius 3 is 2.42 bits per heavy atom. The highest BCUT2D eigenvalue weighted by Gasteiger charge is 2.49. The molecule has 0 aliphatic carbocycles. The number of ether oxygens (including phenoxy) is 1. The maximum atomic E-state index is 13.4. The smallest absolute Gasteiger partial charge is 0.416 e. The van der Waals surface area contributed by atoms with Crippen LogP contribution in [0.3, 0.4) is 0 Å². The minimum Gasteiger partial charge on any atom is -0.507 e. The van der Waals surface area contributed by atoms with Gasteiger partial charge in [0.1, 0.15) is 17.1 Å². The molecule has 2 aromatic rings. The van der Waals surface area contributed by atoms with Crippen LogP contribution in [0.2, 0.25) is 0 Å². The summed E-state index contributed by atoms with van der Waals surface area (Å²) in [6.07, 6.45) is -4.46. The van der Waals surface area contributed by atoms with Crippen LogP contribution in [0, 0.1) is 0 Å². The third-order valence-electron chi connectivity index (χ3n) is 5.80. The number of primary sulfonamides is 1. The molecular formula is C21H24F3N3O5S. The maximum Gasteiger partial charge on any atom is 0.416 e. The molecule has 0 aromatic heterocycles. The number of alkyl halides is 3. The fourth-order valence-electron chi connectivity index (χ4n) is 4.22. The van der Waals surface area contributed by atoms with Crippen LogP contribution in [-0.2, 0) is 21.6 Å². The molecular weight excluding hydrogens is 463 g/mol. The van der Waals surface area contributed by atoms with E-state index >= 15 is 0 Å². The Labute approximate surface area is 189 Å². The topological polar surface area (TPSA) is 131 Å². The van der Waals surface area contributed by atoms with Gasteiger partial charge in [-0.1, -0.05) is 24.3 Å². The largest absolute Gasteiger partial charge is 0.507 e. The first-order chi connectivity index (χ1) is 15.4. The minimum atomic E-state index is -4.65. The average molecular weight is 488 g/mol. The van der Waals surface area contributed by atoms with Crippen molar-refractivity contribution in [1.82, 2.24) is 10.6 Å². The molecule has 33 heavy (non-hydrogen) atoms. The zero-order valence-corrected chi connectivity index (χ0v) is 18.5. The van der Waals surface area contributed by atoms with E-state index in [1.165, 1.54) is 37.4 Å². The van der Waals surface area contributed by atoms with Crippen LogP contribution in [0.1, 0.15) is 34.3 Å². The molecule has 1 heterocycles. The molecule has 0 saturated carbocycles. The van der Waals surface area contributed by atoms with Crippen LogP contribution in [-0.4, -0.2) is 45.0 Å². The van der Waals surface area contributed by atoms with Gasteiger partial charge in [0.05, 0.1) is 12.7 Å². The number of methoxy groups -OCH3 is 1. The summed E-state index contributed by atoms with van der Waals surface area (Å²) in [5, 5.41) is 19.3. The van der Waals surface area contributed by atoms with Gasteiger partial charge in [0.25, 0.3) is 5.91 Å². The van der Waals surface area contributed by atoms with E-state index in [4.69, 9.17) is 9.88 Å². The molecule has 12 heteroatoms. The Kier molecular flexibility index (Phi) is 6.91. The number of aromatic hydroxyl groups is 1. The number of phenols is 1. The Bertz CT molecular complexity index is 1130. The summed E-state index contributed by atoms with van der Waals surface area (Å²) in [4.78, 5) is 13.1. The van der Waals surface area contributed by atoms with Crippen molar-refractivity contribution in [1.29, 1.82) is 0 Å². The quantitative estimate of drug-likeness (QED) is 0.494. The number of hydrogen-bond acceptors (Lipinski definition) is 6. The van der Waals surface area contributed by atoms with E-state index in [2.05, 4.69) is 10.6 Å². The zero-order chi connectivity index (χ0) is 24.4. The van der Waals surface area contributed by atoms with E-state index in [-0.39, 0.29) is 42.8 Å². The van der Waals surface area contributed by atoms with Crippen LogP contribution in [0.4, 0.5) is 13.2 Å². The highest BCUT2D eigenvalue weighted by atomic mass is 32.2. The van der Waals surface area contributed by atoms with Gasteiger partial charge in [0.2, 0.25) is 10.0 Å². The normalized spacial score (nSPS) is 17.2. The fourth-order valence-corrected chi connectivity index (χ4v) is 5.50. The first kappa shape index (κ1) is 24.8. The number of piperidine rings is 1. The lowest BCUT2D eigenvalue weighted by molar-refractivity contribution is -0.137. The summed E-state index contributed by atoms with van der Waals surface area (Å²) in [5.41, 5.74) is -2.63. The molecule has 0 bridgehead atoms. The number of nitrogens with one attached hydrogen (secondary N) is 2. The Balaban J connectivity index is 2.14. The van der Waals surface area contributed by atoms with Crippen LogP contribution < -0.4 is 20.5 Å². The summed E-state index contributed by atoms with van der Waals surface area (Å²) in [7, 11) is -3.25. The summed E-state index contributed by atoms with van der Waals surface area (Å²) < 4.78 is 70.7. The lowest BCUT2D eigenvalue weighted by Gasteiger charge is -2.43. The second kappa shape index (κ2) is 9.20. The van der Waals surface area contributed by atoms with Gasteiger partial charge in [-0.3, -0.25) is 4.79 Å². The Hall–Kier alpha value is -2.83. The molecule has 1 amide bonds. The van der Waals surface area contributed by atoms with Crippen molar-refractivity contribution in [3.05, 3.63) is 59.2 Å². The van der Waals surface area contributed by atoms with Crippen molar-refractivity contribution in [3.8, 4) is 11.5 Å². The predicted octanol–water partition coefficient (Wildman–Crippen LogP) is 2.09. The molecule has 5 N–H and O–H groups in total. The monoisotopic (exact) mass is 487 g/mol. The third-order valence-corrected chi connectivity index (χ3v) is 7.03. The summed E-state index contributed by atoms with van der Waals surface area (Å²) in [6.45, 7) is 0.579. The fraction of sp³-hybridized carbons (Fsp3) is 0.381. The zero-order valence-electron chi connectivity index (χ0n) is 17.6. The first-order valence-electron chi connectivity index (χ1n) is 9.97. The summed E-state index contributed by atoms with van der Waals surface area (Å²) >= 11 is 0. The lowest BCUT2D eigenvalue weighted by Crippen LogP contribution is -2.60. The van der Waals surface area contributed by atoms with Crippen LogP contribution in [0.5, 0.6) is 11.5 Å². The number of halogens is 3. The number of carbonyl (C=O) groups excluding carboxylic acids is 1. The molecule has 180 valence electrons. The van der Waals surface area contributed by atoms with Gasteiger partial charge in [-0.25, -0.2) is 13.6 Å². The van der Waals surface area contributed by atoms with E-state index in [1.54, 1.807) is 0 Å². The molecule has 1 aliphatic heterocycles. The van der Waals surface area contributed by atoms with Gasteiger partial charge in [-0.15, -0.1) is 0 Å². The van der Waals surface area contributed by atoms with Gasteiger partial charge in [-0.2, -0.15) is 13.2 Å². The second-order valence-corrected chi connectivity index (χ2v) is 9.43. The van der Waals surface area contributed by atoms with Gasteiger partial charge >= 0.3 is 6.18 Å². The molecule has 1 atom stereocenters. The predicted molar refractivity (Wildman–Crippen MR) is 114 cm³/mol. The number of benzene rings is 2. The SMILES string of the molecule is COc1cccc(O)c1C(=O)NC(C1(c2cccc(C(F)(F)F)c2)CCNCC1)S(N)(=O)=O. The van der Waals surface area contributed by atoms with Crippen molar-refractivity contribution < 1.29 is 36.2 Å². The van der Waals surface area contributed by atoms with Gasteiger partial charge in [0.15, 0.2) is 5.37 Å². The number of amides is 1. The van der Waals surface area contributed by atoms with Gasteiger partial charge < -0.3 is 20.5 Å².